The summed E-state index contributed by atoms with van der Waals surface area (Å²) in [5.41, 5.74) is 1.65. The molecule has 0 heterocycles. The van der Waals surface area contributed by atoms with E-state index in [1.807, 2.05) is 48.6 Å². The smallest absolute Gasteiger partial charge is 0.233 e. The van der Waals surface area contributed by atoms with Crippen LogP contribution in [-0.4, -0.2) is 49.8 Å². The van der Waals surface area contributed by atoms with Crippen LogP contribution in [0, 0.1) is 0 Å². The summed E-state index contributed by atoms with van der Waals surface area (Å²) in [5.74, 6) is 0.248. The Hall–Kier alpha value is -2.42. The Morgan fingerprint density at radius 3 is 1.84 bits per heavy atom. The van der Waals surface area contributed by atoms with Crippen molar-refractivity contribution in [3.63, 3.8) is 0 Å². The molecule has 0 radical (unpaired) electrons. The summed E-state index contributed by atoms with van der Waals surface area (Å²) in [6.45, 7) is 0. The van der Waals surface area contributed by atoms with Crippen LogP contribution in [-0.2, 0) is 40.7 Å². The second-order valence-corrected chi connectivity index (χ2v) is 7.72. The second-order valence-electron chi connectivity index (χ2n) is 7.72. The van der Waals surface area contributed by atoms with E-state index in [4.69, 9.17) is 33.2 Å². The predicted molar refractivity (Wildman–Crippen MR) is 118 cm³/mol. The van der Waals surface area contributed by atoms with Crippen molar-refractivity contribution >= 4 is 0 Å². The molecule has 0 fully saturated rings. The molecule has 32 heavy (non-hydrogen) atoms. The van der Waals surface area contributed by atoms with E-state index in [1.54, 1.807) is 49.8 Å². The third-order valence-corrected chi connectivity index (χ3v) is 6.84. The lowest BCUT2D eigenvalue weighted by molar-refractivity contribution is -0.332. The van der Waals surface area contributed by atoms with E-state index in [0.717, 1.165) is 28.0 Å². The SMILES string of the molecule is COc1cccc2c1C(/C=C/[C@]1(OC)c3c(OC)cccc3[C@H]1OC)(OC)C2(OC)OC. The summed E-state index contributed by atoms with van der Waals surface area (Å²) in [7, 11) is 11.4. The first-order chi connectivity index (χ1) is 15.5. The van der Waals surface area contributed by atoms with Crippen LogP contribution in [0.25, 0.3) is 0 Å². The summed E-state index contributed by atoms with van der Waals surface area (Å²) in [6.07, 6.45) is 3.53. The van der Waals surface area contributed by atoms with Gasteiger partial charge in [-0.1, -0.05) is 24.3 Å². The fraction of sp³-hybridized carbons (Fsp3) is 0.440. The minimum absolute atomic E-state index is 0.320. The van der Waals surface area contributed by atoms with Crippen LogP contribution in [0.2, 0.25) is 0 Å². The first-order valence-electron chi connectivity index (χ1n) is 10.3. The Morgan fingerprint density at radius 1 is 0.688 bits per heavy atom. The molecule has 2 aromatic carbocycles. The summed E-state index contributed by atoms with van der Waals surface area (Å²) in [6, 6.07) is 11.6. The number of fused-ring (bicyclic) bond motifs is 2. The molecule has 2 aromatic rings. The molecule has 4 rings (SSSR count). The van der Waals surface area contributed by atoms with Crippen molar-refractivity contribution in [3.05, 3.63) is 70.8 Å². The molecule has 7 nitrogen and oxygen atoms in total. The number of methoxy groups -OCH3 is 7. The highest BCUT2D eigenvalue weighted by Gasteiger charge is 2.67. The zero-order valence-corrected chi connectivity index (χ0v) is 19.6. The van der Waals surface area contributed by atoms with E-state index in [1.165, 1.54) is 0 Å². The number of hydrogen-bond donors (Lipinski definition) is 0. The molecule has 172 valence electrons. The van der Waals surface area contributed by atoms with E-state index in [0.29, 0.717) is 5.75 Å². The molecule has 2 aliphatic carbocycles. The Bertz CT molecular complexity index is 1030. The fourth-order valence-corrected chi connectivity index (χ4v) is 5.39. The molecule has 2 aliphatic rings. The molecule has 1 unspecified atom stereocenters. The quantitative estimate of drug-likeness (QED) is 0.432. The maximum absolute atomic E-state index is 6.12. The first-order valence-corrected chi connectivity index (χ1v) is 10.3. The Morgan fingerprint density at radius 2 is 1.31 bits per heavy atom. The minimum Gasteiger partial charge on any atom is -0.496 e. The van der Waals surface area contributed by atoms with Gasteiger partial charge in [-0.15, -0.1) is 0 Å². The molecule has 0 bridgehead atoms. The van der Waals surface area contributed by atoms with E-state index in [9.17, 15) is 0 Å². The number of ether oxygens (including phenoxy) is 7. The number of hydrogen-bond acceptors (Lipinski definition) is 7. The first kappa shape index (κ1) is 22.8. The molecular weight excluding hydrogens is 412 g/mol. The van der Waals surface area contributed by atoms with Crippen molar-refractivity contribution in [1.82, 2.24) is 0 Å². The van der Waals surface area contributed by atoms with Gasteiger partial charge in [0, 0.05) is 52.2 Å². The summed E-state index contributed by atoms with van der Waals surface area (Å²) in [4.78, 5) is 0. The Balaban J connectivity index is 1.91. The van der Waals surface area contributed by atoms with Crippen LogP contribution in [0.1, 0.15) is 28.4 Å². The van der Waals surface area contributed by atoms with Gasteiger partial charge in [0.15, 0.2) is 5.60 Å². The lowest BCUT2D eigenvalue weighted by Crippen LogP contribution is -2.61. The zero-order valence-electron chi connectivity index (χ0n) is 19.6. The van der Waals surface area contributed by atoms with Crippen LogP contribution in [0.3, 0.4) is 0 Å². The molecule has 0 saturated heterocycles. The third kappa shape index (κ3) is 2.54. The Kier molecular flexibility index (Phi) is 5.81. The molecule has 0 aliphatic heterocycles. The normalized spacial score (nSPS) is 27.3. The van der Waals surface area contributed by atoms with E-state index in [2.05, 4.69) is 0 Å². The highest BCUT2D eigenvalue weighted by Crippen LogP contribution is 2.63. The molecular formula is C25H30O7. The standard InChI is InChI=1S/C25H30O7/c1-26-18-12-8-10-16-20(18)23(29-4,22(16)28-3)14-15-24(30-5)21-17(25(24,31-6)32-7)11-9-13-19(21)27-2/h8-15,22H,1-7H3/b15-14+/t22-,23+,24?/m1/s1. The zero-order chi connectivity index (χ0) is 23.1. The second kappa shape index (κ2) is 8.17. The summed E-state index contributed by atoms with van der Waals surface area (Å²) < 4.78 is 41.1. The van der Waals surface area contributed by atoms with Gasteiger partial charge in [0.2, 0.25) is 5.79 Å². The van der Waals surface area contributed by atoms with Crippen LogP contribution in [0.15, 0.2) is 48.6 Å². The molecule has 0 N–H and O–H groups in total. The molecule has 0 aromatic heterocycles. The molecule has 0 spiro atoms. The lowest BCUT2D eigenvalue weighted by atomic mass is 9.64. The number of benzene rings is 2. The lowest BCUT2D eigenvalue weighted by Gasteiger charge is -2.56. The van der Waals surface area contributed by atoms with Crippen molar-refractivity contribution in [2.24, 2.45) is 0 Å². The largest absolute Gasteiger partial charge is 0.496 e. The average Bonchev–Trinajstić information content (AvgIpc) is 2.83. The van der Waals surface area contributed by atoms with Crippen LogP contribution >= 0.6 is 0 Å². The van der Waals surface area contributed by atoms with Crippen molar-refractivity contribution in [3.8, 4) is 11.5 Å². The van der Waals surface area contributed by atoms with Gasteiger partial charge in [-0.05, 0) is 29.8 Å². The Labute approximate surface area is 188 Å². The van der Waals surface area contributed by atoms with E-state index < -0.39 is 17.0 Å². The van der Waals surface area contributed by atoms with Gasteiger partial charge in [0.05, 0.1) is 14.2 Å². The highest BCUT2D eigenvalue weighted by molar-refractivity contribution is 5.62. The van der Waals surface area contributed by atoms with Crippen molar-refractivity contribution in [1.29, 1.82) is 0 Å². The van der Waals surface area contributed by atoms with Gasteiger partial charge in [-0.2, -0.15) is 0 Å². The molecule has 7 heteroatoms. The molecule has 3 atom stereocenters. The van der Waals surface area contributed by atoms with E-state index >= 15 is 0 Å². The monoisotopic (exact) mass is 442 g/mol. The number of rotatable bonds is 9. The minimum atomic E-state index is -1.16. The average molecular weight is 443 g/mol. The fourth-order valence-electron chi connectivity index (χ4n) is 5.39. The van der Waals surface area contributed by atoms with Gasteiger partial charge < -0.3 is 33.2 Å². The summed E-state index contributed by atoms with van der Waals surface area (Å²) in [5, 5.41) is 0. The maximum atomic E-state index is 6.12. The van der Waals surface area contributed by atoms with Gasteiger partial charge >= 0.3 is 0 Å². The maximum Gasteiger partial charge on any atom is 0.233 e. The topological polar surface area (TPSA) is 64.6 Å². The van der Waals surface area contributed by atoms with Crippen LogP contribution in [0.4, 0.5) is 0 Å². The van der Waals surface area contributed by atoms with Gasteiger partial charge in [-0.25, -0.2) is 0 Å². The van der Waals surface area contributed by atoms with Gasteiger partial charge in [-0.3, -0.25) is 0 Å². The summed E-state index contributed by atoms with van der Waals surface area (Å²) >= 11 is 0. The van der Waals surface area contributed by atoms with Gasteiger partial charge in [0.25, 0.3) is 0 Å². The third-order valence-electron chi connectivity index (χ3n) is 6.84. The van der Waals surface area contributed by atoms with Crippen molar-refractivity contribution in [2.75, 3.05) is 49.8 Å². The van der Waals surface area contributed by atoms with Gasteiger partial charge in [0.1, 0.15) is 23.2 Å². The highest BCUT2D eigenvalue weighted by atomic mass is 16.7. The molecule has 0 saturated carbocycles. The molecule has 0 amide bonds. The van der Waals surface area contributed by atoms with Crippen LogP contribution in [0.5, 0.6) is 11.5 Å². The van der Waals surface area contributed by atoms with E-state index in [-0.39, 0.29) is 6.10 Å². The van der Waals surface area contributed by atoms with Crippen LogP contribution < -0.4 is 9.47 Å². The van der Waals surface area contributed by atoms with Crippen molar-refractivity contribution in [2.45, 2.75) is 23.1 Å². The predicted octanol–water partition coefficient (Wildman–Crippen LogP) is 3.80. The van der Waals surface area contributed by atoms with Crippen molar-refractivity contribution < 1.29 is 33.2 Å².